The topological polar surface area (TPSA) is 3.24 Å². The average molecular weight is 233 g/mol. The van der Waals surface area contributed by atoms with Crippen LogP contribution >= 0.6 is 0 Å². The van der Waals surface area contributed by atoms with Gasteiger partial charge in [-0.25, -0.2) is 0 Å². The van der Waals surface area contributed by atoms with E-state index in [-0.39, 0.29) is 0 Å². The van der Waals surface area contributed by atoms with Crippen LogP contribution in [0.15, 0.2) is 0 Å². The van der Waals surface area contributed by atoms with Gasteiger partial charge in [0.25, 0.3) is 0 Å². The van der Waals surface area contributed by atoms with Crippen LogP contribution < -0.4 is 0 Å². The molecule has 0 aliphatic heterocycles. The van der Waals surface area contributed by atoms with Crippen LogP contribution in [0.4, 0.5) is 0 Å². The van der Waals surface area contributed by atoms with Crippen molar-refractivity contribution in [1.29, 1.82) is 0 Å². The molecule has 0 aromatic rings. The van der Waals surface area contributed by atoms with Crippen LogP contribution in [0, 0.1) is 0 Å². The summed E-state index contributed by atoms with van der Waals surface area (Å²) in [6, 6.07) is 0. The number of hydrogen-bond donors (Lipinski definition) is 0. The number of rotatable bonds is 5. The first-order valence-electron chi connectivity index (χ1n) is 4.65. The van der Waals surface area contributed by atoms with E-state index in [2.05, 4.69) is 30.5 Å². The first-order chi connectivity index (χ1) is 5.16. The van der Waals surface area contributed by atoms with E-state index in [0.717, 1.165) is 0 Å². The fourth-order valence-corrected chi connectivity index (χ4v) is 2.82. The third-order valence-electron chi connectivity index (χ3n) is 2.86. The van der Waals surface area contributed by atoms with E-state index >= 15 is 0 Å². The van der Waals surface area contributed by atoms with Crippen molar-refractivity contribution < 1.29 is 25.0 Å². The Hall–Kier alpha value is 0.843. The molecule has 0 aliphatic rings. The van der Waals surface area contributed by atoms with Gasteiger partial charge in [0, 0.05) is 0 Å². The SMILES string of the molecule is CC[N]([Zr])C(CC)(CC)CC. The molecule has 0 fully saturated rings. The molecule has 65 valence electrons. The Morgan fingerprint density at radius 2 is 1.36 bits per heavy atom. The second kappa shape index (κ2) is 5.48. The molecule has 0 saturated heterocycles. The van der Waals surface area contributed by atoms with Gasteiger partial charge in [-0.15, -0.1) is 0 Å². The molecule has 0 aromatic heterocycles. The molecule has 0 rings (SSSR count). The van der Waals surface area contributed by atoms with E-state index in [1.165, 1.54) is 25.8 Å². The molecule has 0 aliphatic carbocycles. The molecule has 0 heterocycles. The van der Waals surface area contributed by atoms with Gasteiger partial charge in [0.05, 0.1) is 0 Å². The molecule has 0 unspecified atom stereocenters. The van der Waals surface area contributed by atoms with Crippen molar-refractivity contribution in [3.63, 3.8) is 0 Å². The van der Waals surface area contributed by atoms with Crippen molar-refractivity contribution in [3.05, 3.63) is 0 Å². The molecule has 2 heteroatoms. The van der Waals surface area contributed by atoms with E-state index < -0.39 is 0 Å². The summed E-state index contributed by atoms with van der Waals surface area (Å²) in [5.74, 6) is 0. The van der Waals surface area contributed by atoms with E-state index in [1.54, 1.807) is 25.0 Å². The van der Waals surface area contributed by atoms with Crippen molar-refractivity contribution in [1.82, 2.24) is 2.84 Å². The van der Waals surface area contributed by atoms with E-state index in [4.69, 9.17) is 0 Å². The predicted octanol–water partition coefficient (Wildman–Crippen LogP) is 2.74. The molecule has 0 atom stereocenters. The molecular formula is C9H20NZr. The maximum absolute atomic E-state index is 2.57. The fourth-order valence-electron chi connectivity index (χ4n) is 1.66. The average Bonchev–Trinajstić information content (AvgIpc) is 2.08. The Kier molecular flexibility index (Phi) is 5.90. The zero-order valence-electron chi connectivity index (χ0n) is 8.28. The van der Waals surface area contributed by atoms with Crippen LogP contribution in [0.3, 0.4) is 0 Å². The molecule has 0 N–H and O–H groups in total. The van der Waals surface area contributed by atoms with Crippen LogP contribution in [0.1, 0.15) is 47.0 Å². The first-order valence-corrected chi connectivity index (χ1v) is 5.75. The summed E-state index contributed by atoms with van der Waals surface area (Å²) in [6.07, 6.45) is 3.87. The second-order valence-corrected chi connectivity index (χ2v) is 4.36. The molecule has 0 radical (unpaired) electrons. The van der Waals surface area contributed by atoms with Crippen LogP contribution in [-0.2, 0) is 25.0 Å². The summed E-state index contributed by atoms with van der Waals surface area (Å²) in [6.45, 7) is 10.4. The summed E-state index contributed by atoms with van der Waals surface area (Å²) < 4.78 is 2.57. The second-order valence-electron chi connectivity index (χ2n) is 3.03. The minimum atomic E-state index is 0.507. The van der Waals surface area contributed by atoms with E-state index in [9.17, 15) is 0 Å². The number of hydrogen-bond acceptors (Lipinski definition) is 1. The van der Waals surface area contributed by atoms with Gasteiger partial charge in [-0.1, -0.05) is 0 Å². The van der Waals surface area contributed by atoms with Crippen molar-refractivity contribution in [2.24, 2.45) is 0 Å². The Morgan fingerprint density at radius 3 is 1.45 bits per heavy atom. The first kappa shape index (κ1) is 11.8. The summed E-state index contributed by atoms with van der Waals surface area (Å²) in [4.78, 5) is 0. The molecule has 0 amide bonds. The van der Waals surface area contributed by atoms with Gasteiger partial charge in [-0.05, 0) is 0 Å². The van der Waals surface area contributed by atoms with Crippen LogP contribution in [-0.4, -0.2) is 14.9 Å². The minimum absolute atomic E-state index is 0.507. The zero-order valence-corrected chi connectivity index (χ0v) is 10.7. The normalized spacial score (nSPS) is 12.4. The summed E-state index contributed by atoms with van der Waals surface area (Å²) >= 11 is 1.57. The summed E-state index contributed by atoms with van der Waals surface area (Å²) in [7, 11) is 0. The standard InChI is InChI=1S/C9H20N.Zr/c1-5-9(6-2,7-3)10-8-4;/h5-8H2,1-4H3;/q-1;+1. The van der Waals surface area contributed by atoms with Gasteiger partial charge >= 0.3 is 86.9 Å². The third kappa shape index (κ3) is 2.66. The van der Waals surface area contributed by atoms with Crippen LogP contribution in [0.2, 0.25) is 0 Å². The van der Waals surface area contributed by atoms with Gasteiger partial charge in [0.2, 0.25) is 0 Å². The van der Waals surface area contributed by atoms with Gasteiger partial charge in [0.15, 0.2) is 0 Å². The van der Waals surface area contributed by atoms with Gasteiger partial charge < -0.3 is 0 Å². The molecule has 0 aromatic carbocycles. The Morgan fingerprint density at radius 1 is 1.00 bits per heavy atom. The van der Waals surface area contributed by atoms with Crippen LogP contribution in [0.5, 0.6) is 0 Å². The zero-order chi connectivity index (χ0) is 8.91. The third-order valence-corrected chi connectivity index (χ3v) is 4.81. The Labute approximate surface area is 86.8 Å². The van der Waals surface area contributed by atoms with Gasteiger partial charge in [-0.2, -0.15) is 0 Å². The number of nitrogens with zero attached hydrogens (tertiary/aromatic N) is 1. The van der Waals surface area contributed by atoms with Crippen molar-refractivity contribution in [2.45, 2.75) is 52.5 Å². The quantitative estimate of drug-likeness (QED) is 0.706. The molecule has 11 heavy (non-hydrogen) atoms. The van der Waals surface area contributed by atoms with Crippen molar-refractivity contribution >= 4 is 0 Å². The van der Waals surface area contributed by atoms with E-state index in [1.807, 2.05) is 0 Å². The van der Waals surface area contributed by atoms with Crippen molar-refractivity contribution in [2.75, 3.05) is 6.54 Å². The molecular weight excluding hydrogens is 213 g/mol. The summed E-state index contributed by atoms with van der Waals surface area (Å²) in [5.41, 5.74) is 0.507. The Balaban J connectivity index is 4.26. The molecule has 0 bridgehead atoms. The van der Waals surface area contributed by atoms with Crippen molar-refractivity contribution in [3.8, 4) is 0 Å². The van der Waals surface area contributed by atoms with Crippen LogP contribution in [0.25, 0.3) is 0 Å². The van der Waals surface area contributed by atoms with E-state index in [0.29, 0.717) is 5.54 Å². The Bertz CT molecular complexity index is 91.5. The predicted molar refractivity (Wildman–Crippen MR) is 46.0 cm³/mol. The van der Waals surface area contributed by atoms with Gasteiger partial charge in [0.1, 0.15) is 0 Å². The maximum atomic E-state index is 2.57. The molecule has 1 nitrogen and oxygen atoms in total. The monoisotopic (exact) mass is 232 g/mol. The van der Waals surface area contributed by atoms with Gasteiger partial charge in [-0.3, -0.25) is 0 Å². The molecule has 0 spiro atoms. The summed E-state index contributed by atoms with van der Waals surface area (Å²) in [5, 5.41) is 0. The molecule has 0 saturated carbocycles. The fraction of sp³-hybridized carbons (Fsp3) is 1.00.